The molecule has 23 heavy (non-hydrogen) atoms. The summed E-state index contributed by atoms with van der Waals surface area (Å²) < 4.78 is 0. The van der Waals surface area contributed by atoms with Crippen molar-refractivity contribution in [2.45, 2.75) is 12.3 Å². The number of rotatable bonds is 5. The van der Waals surface area contributed by atoms with Crippen molar-refractivity contribution in [3.63, 3.8) is 0 Å². The number of nitrogens with two attached hydrogens (primary N) is 1. The lowest BCUT2D eigenvalue weighted by molar-refractivity contribution is -0.119. The highest BCUT2D eigenvalue weighted by atomic mass is 35.5. The van der Waals surface area contributed by atoms with Gasteiger partial charge in [0.1, 0.15) is 5.78 Å². The molecule has 0 aliphatic heterocycles. The summed E-state index contributed by atoms with van der Waals surface area (Å²) in [5.74, 6) is -0.191. The first-order chi connectivity index (χ1) is 11.2. The van der Waals surface area contributed by atoms with Gasteiger partial charge in [-0.3, -0.25) is 9.78 Å². The first-order valence-corrected chi connectivity index (χ1v) is 7.86. The number of halogens is 1. The van der Waals surface area contributed by atoms with Crippen LogP contribution in [0.5, 0.6) is 0 Å². The molecule has 1 heterocycles. The quantitative estimate of drug-likeness (QED) is 0.777. The third-order valence-electron chi connectivity index (χ3n) is 3.98. The van der Waals surface area contributed by atoms with Gasteiger partial charge in [0.25, 0.3) is 0 Å². The Labute approximate surface area is 140 Å². The number of carbonyl (C=O) groups is 1. The van der Waals surface area contributed by atoms with Gasteiger partial charge in [-0.15, -0.1) is 0 Å². The second-order valence-corrected chi connectivity index (χ2v) is 5.98. The fourth-order valence-electron chi connectivity index (χ4n) is 2.72. The number of aromatic nitrogens is 1. The normalized spacial score (nSPS) is 12.3. The smallest absolute Gasteiger partial charge is 0.145 e. The van der Waals surface area contributed by atoms with Crippen LogP contribution in [0.1, 0.15) is 17.0 Å². The van der Waals surface area contributed by atoms with E-state index in [-0.39, 0.29) is 18.2 Å². The maximum atomic E-state index is 12.6. The molecule has 0 fully saturated rings. The summed E-state index contributed by atoms with van der Waals surface area (Å²) in [7, 11) is 0. The molecule has 0 amide bonds. The van der Waals surface area contributed by atoms with Crippen molar-refractivity contribution in [1.29, 1.82) is 0 Å². The number of hydrogen-bond acceptors (Lipinski definition) is 3. The second kappa shape index (κ2) is 6.90. The third-order valence-corrected chi connectivity index (χ3v) is 4.23. The molecule has 0 aliphatic rings. The summed E-state index contributed by atoms with van der Waals surface area (Å²) >= 11 is 5.90. The van der Waals surface area contributed by atoms with Crippen LogP contribution in [0.4, 0.5) is 0 Å². The van der Waals surface area contributed by atoms with Crippen molar-refractivity contribution < 1.29 is 4.79 Å². The van der Waals surface area contributed by atoms with Gasteiger partial charge in [0.2, 0.25) is 0 Å². The third kappa shape index (κ3) is 3.58. The zero-order valence-corrected chi connectivity index (χ0v) is 13.3. The van der Waals surface area contributed by atoms with Gasteiger partial charge in [-0.05, 0) is 34.7 Å². The molecule has 2 aromatic carbocycles. The lowest BCUT2D eigenvalue weighted by atomic mass is 9.91. The average Bonchev–Trinajstić information content (AvgIpc) is 2.57. The van der Waals surface area contributed by atoms with E-state index in [0.29, 0.717) is 11.4 Å². The molecule has 0 spiro atoms. The van der Waals surface area contributed by atoms with Crippen molar-refractivity contribution in [1.82, 2.24) is 4.98 Å². The van der Waals surface area contributed by atoms with E-state index in [0.717, 1.165) is 21.9 Å². The molecule has 3 rings (SSSR count). The molecule has 0 aliphatic carbocycles. The summed E-state index contributed by atoms with van der Waals surface area (Å²) in [4.78, 5) is 16.7. The summed E-state index contributed by atoms with van der Waals surface area (Å²) in [6.07, 6.45) is 3.93. The Morgan fingerprint density at radius 1 is 1.09 bits per heavy atom. The number of hydrogen-bond donors (Lipinski definition) is 1. The summed E-state index contributed by atoms with van der Waals surface area (Å²) in [5.41, 5.74) is 7.72. The van der Waals surface area contributed by atoms with Gasteiger partial charge >= 0.3 is 0 Å². The van der Waals surface area contributed by atoms with Crippen LogP contribution < -0.4 is 5.73 Å². The van der Waals surface area contributed by atoms with E-state index in [4.69, 9.17) is 17.3 Å². The minimum absolute atomic E-state index is 0.114. The fraction of sp³-hybridized carbons (Fsp3) is 0.158. The summed E-state index contributed by atoms with van der Waals surface area (Å²) in [6, 6.07) is 15.2. The topological polar surface area (TPSA) is 56.0 Å². The lowest BCUT2D eigenvalue weighted by Crippen LogP contribution is -2.23. The predicted molar refractivity (Wildman–Crippen MR) is 93.7 cm³/mol. The van der Waals surface area contributed by atoms with Crippen molar-refractivity contribution >= 4 is 28.2 Å². The molecule has 1 aromatic heterocycles. The minimum atomic E-state index is -0.305. The van der Waals surface area contributed by atoms with Gasteiger partial charge in [0.05, 0.1) is 5.92 Å². The zero-order valence-electron chi connectivity index (χ0n) is 12.6. The van der Waals surface area contributed by atoms with Gasteiger partial charge in [-0.25, -0.2) is 0 Å². The fourth-order valence-corrected chi connectivity index (χ4v) is 2.84. The van der Waals surface area contributed by atoms with E-state index in [1.165, 1.54) is 0 Å². The highest BCUT2D eigenvalue weighted by Crippen LogP contribution is 2.22. The number of benzene rings is 2. The van der Waals surface area contributed by atoms with Crippen LogP contribution in [0.3, 0.4) is 0 Å². The standard InChI is InChI=1S/C19H17ClN2O/c20-17-5-3-14(4-6-17)18(11-21)19(23)10-13-1-2-16-12-22-8-7-15(16)9-13/h1-9,12,18H,10-11,21H2/t18-/m1/s1. The number of fused-ring (bicyclic) bond motifs is 1. The molecule has 4 heteroatoms. The number of pyridine rings is 1. The summed E-state index contributed by atoms with van der Waals surface area (Å²) in [5, 5.41) is 2.80. The maximum Gasteiger partial charge on any atom is 0.145 e. The minimum Gasteiger partial charge on any atom is -0.329 e. The Hall–Kier alpha value is -2.23. The Kier molecular flexibility index (Phi) is 4.70. The van der Waals surface area contributed by atoms with Crippen molar-refractivity contribution in [2.24, 2.45) is 5.73 Å². The van der Waals surface area contributed by atoms with E-state index >= 15 is 0 Å². The predicted octanol–water partition coefficient (Wildman–Crippen LogP) is 3.74. The van der Waals surface area contributed by atoms with E-state index in [2.05, 4.69) is 4.98 Å². The average molecular weight is 325 g/mol. The van der Waals surface area contributed by atoms with Gasteiger partial charge in [0, 0.05) is 35.8 Å². The molecule has 0 radical (unpaired) electrons. The molecule has 3 aromatic rings. The zero-order chi connectivity index (χ0) is 16.2. The van der Waals surface area contributed by atoms with Crippen LogP contribution in [0.15, 0.2) is 60.9 Å². The molecule has 2 N–H and O–H groups in total. The molecular weight excluding hydrogens is 308 g/mol. The number of carbonyl (C=O) groups excluding carboxylic acids is 1. The number of Topliss-reactive ketones (excluding diaryl/α,β-unsaturated/α-hetero) is 1. The first-order valence-electron chi connectivity index (χ1n) is 7.48. The molecule has 0 bridgehead atoms. The highest BCUT2D eigenvalue weighted by Gasteiger charge is 2.19. The Morgan fingerprint density at radius 3 is 2.61 bits per heavy atom. The molecule has 0 saturated carbocycles. The number of ketones is 1. The van der Waals surface area contributed by atoms with Crippen LogP contribution >= 0.6 is 11.6 Å². The van der Waals surface area contributed by atoms with Gasteiger partial charge in [-0.2, -0.15) is 0 Å². The van der Waals surface area contributed by atoms with Gasteiger partial charge in [-0.1, -0.05) is 41.9 Å². The molecular formula is C19H17ClN2O. The second-order valence-electron chi connectivity index (χ2n) is 5.54. The lowest BCUT2D eigenvalue weighted by Gasteiger charge is -2.14. The molecule has 3 nitrogen and oxygen atoms in total. The molecule has 1 atom stereocenters. The Balaban J connectivity index is 1.81. The van der Waals surface area contributed by atoms with E-state index in [1.54, 1.807) is 18.3 Å². The van der Waals surface area contributed by atoms with Crippen LogP contribution in [0.2, 0.25) is 5.02 Å². The van der Waals surface area contributed by atoms with Crippen molar-refractivity contribution in [2.75, 3.05) is 6.54 Å². The van der Waals surface area contributed by atoms with Gasteiger partial charge in [0.15, 0.2) is 0 Å². The molecule has 0 saturated heterocycles. The molecule has 0 unspecified atom stereocenters. The Morgan fingerprint density at radius 2 is 1.87 bits per heavy atom. The van der Waals surface area contributed by atoms with Crippen LogP contribution in [-0.4, -0.2) is 17.3 Å². The van der Waals surface area contributed by atoms with Crippen LogP contribution in [0, 0.1) is 0 Å². The highest BCUT2D eigenvalue weighted by molar-refractivity contribution is 6.30. The number of nitrogens with zero attached hydrogens (tertiary/aromatic N) is 1. The monoisotopic (exact) mass is 324 g/mol. The van der Waals surface area contributed by atoms with E-state index in [9.17, 15) is 4.79 Å². The first kappa shape index (κ1) is 15.7. The summed E-state index contributed by atoms with van der Waals surface area (Å²) in [6.45, 7) is 0.290. The van der Waals surface area contributed by atoms with E-state index < -0.39 is 0 Å². The SMILES string of the molecule is NC[C@@H](C(=O)Cc1ccc2cnccc2c1)c1ccc(Cl)cc1. The largest absolute Gasteiger partial charge is 0.329 e. The van der Waals surface area contributed by atoms with Crippen LogP contribution in [0.25, 0.3) is 10.8 Å². The van der Waals surface area contributed by atoms with E-state index in [1.807, 2.05) is 42.6 Å². The van der Waals surface area contributed by atoms with Crippen molar-refractivity contribution in [3.8, 4) is 0 Å². The van der Waals surface area contributed by atoms with Crippen LogP contribution in [-0.2, 0) is 11.2 Å². The maximum absolute atomic E-state index is 12.6. The van der Waals surface area contributed by atoms with Crippen molar-refractivity contribution in [3.05, 3.63) is 77.1 Å². The van der Waals surface area contributed by atoms with Gasteiger partial charge < -0.3 is 5.73 Å². The molecule has 116 valence electrons. The Bertz CT molecular complexity index is 830.